The lowest BCUT2D eigenvalue weighted by atomic mass is 9.96. The highest BCUT2D eigenvalue weighted by atomic mass is 32.1. The van der Waals surface area contributed by atoms with Crippen molar-refractivity contribution in [2.24, 2.45) is 0 Å². The highest BCUT2D eigenvalue weighted by molar-refractivity contribution is 7.14. The second-order valence-corrected chi connectivity index (χ2v) is 8.26. The van der Waals surface area contributed by atoms with Crippen molar-refractivity contribution in [3.8, 4) is 22.9 Å². The Balaban J connectivity index is 1.55. The lowest BCUT2D eigenvalue weighted by Gasteiger charge is -2.20. The summed E-state index contributed by atoms with van der Waals surface area (Å²) < 4.78 is 10.9. The summed E-state index contributed by atoms with van der Waals surface area (Å²) >= 11 is 1.26. The number of nitriles is 1. The number of nitrogens with zero attached hydrogens (tertiary/aromatic N) is 3. The molecule has 0 aliphatic rings. The monoisotopic (exact) mass is 483 g/mol. The fraction of sp³-hybridized carbons (Fsp3) is 0.111. The predicted molar refractivity (Wildman–Crippen MR) is 134 cm³/mol. The minimum absolute atomic E-state index is 0.0682. The molecule has 7 nitrogen and oxygen atoms in total. The van der Waals surface area contributed by atoms with Gasteiger partial charge in [0.05, 0.1) is 35.7 Å². The van der Waals surface area contributed by atoms with Gasteiger partial charge in [0.1, 0.15) is 12.4 Å². The molecule has 0 fully saturated rings. The minimum Gasteiger partial charge on any atom is -0.495 e. The molecule has 0 atom stereocenters. The van der Waals surface area contributed by atoms with Gasteiger partial charge in [0.15, 0.2) is 5.13 Å². The Morgan fingerprint density at radius 3 is 2.43 bits per heavy atom. The molecule has 0 spiro atoms. The molecular formula is C27H21N3O4S. The van der Waals surface area contributed by atoms with E-state index in [-0.39, 0.29) is 12.5 Å². The number of amides is 1. The zero-order valence-corrected chi connectivity index (χ0v) is 19.9. The van der Waals surface area contributed by atoms with Gasteiger partial charge in [-0.25, -0.2) is 9.78 Å². The molecule has 1 heterocycles. The Hall–Kier alpha value is -4.48. The topological polar surface area (TPSA) is 92.5 Å². The van der Waals surface area contributed by atoms with Crippen LogP contribution in [0.1, 0.15) is 28.5 Å². The second kappa shape index (κ2) is 10.6. The fourth-order valence-corrected chi connectivity index (χ4v) is 4.48. The molecular weight excluding hydrogens is 462 g/mol. The van der Waals surface area contributed by atoms with Crippen LogP contribution in [-0.2, 0) is 16.1 Å². The van der Waals surface area contributed by atoms with Crippen LogP contribution in [0.25, 0.3) is 11.1 Å². The van der Waals surface area contributed by atoms with Gasteiger partial charge in [0.25, 0.3) is 0 Å². The Morgan fingerprint density at radius 2 is 1.69 bits per heavy atom. The molecule has 0 radical (unpaired) electrons. The summed E-state index contributed by atoms with van der Waals surface area (Å²) in [5.74, 6) is -0.214. The molecule has 4 rings (SSSR count). The van der Waals surface area contributed by atoms with Crippen molar-refractivity contribution < 1.29 is 19.1 Å². The van der Waals surface area contributed by atoms with Gasteiger partial charge in [-0.05, 0) is 29.8 Å². The number of ether oxygens (including phenoxy) is 2. The van der Waals surface area contributed by atoms with Gasteiger partial charge in [-0.15, -0.1) is 11.3 Å². The Labute approximate surface area is 206 Å². The molecule has 174 valence electrons. The number of carbonyl (C=O) groups is 2. The third-order valence-corrected chi connectivity index (χ3v) is 6.08. The largest absolute Gasteiger partial charge is 0.495 e. The van der Waals surface area contributed by atoms with E-state index in [1.807, 2.05) is 18.2 Å². The molecule has 0 N–H and O–H groups in total. The lowest BCUT2D eigenvalue weighted by Crippen LogP contribution is -2.23. The number of anilines is 2. The molecule has 4 aromatic rings. The molecule has 8 heteroatoms. The maximum absolute atomic E-state index is 13.0. The van der Waals surface area contributed by atoms with E-state index in [9.17, 15) is 14.9 Å². The summed E-state index contributed by atoms with van der Waals surface area (Å²) in [6.07, 6.45) is 0. The van der Waals surface area contributed by atoms with Crippen LogP contribution in [0, 0.1) is 11.3 Å². The quantitative estimate of drug-likeness (QED) is 0.312. The van der Waals surface area contributed by atoms with Crippen molar-refractivity contribution in [1.82, 2.24) is 4.98 Å². The van der Waals surface area contributed by atoms with E-state index in [0.29, 0.717) is 44.5 Å². The van der Waals surface area contributed by atoms with Crippen molar-refractivity contribution in [2.45, 2.75) is 13.5 Å². The number of para-hydroxylation sites is 2. The average molecular weight is 484 g/mol. The average Bonchev–Trinajstić information content (AvgIpc) is 3.35. The molecule has 0 bridgehead atoms. The van der Waals surface area contributed by atoms with Crippen molar-refractivity contribution in [2.75, 3.05) is 12.0 Å². The van der Waals surface area contributed by atoms with Gasteiger partial charge < -0.3 is 9.47 Å². The SMILES string of the molecule is COc1ccccc1N(C(C)=O)c1nc(COC(=O)c2ccccc2-c2ccccc2C#N)cs1. The van der Waals surface area contributed by atoms with Crippen LogP contribution in [0.4, 0.5) is 10.8 Å². The molecule has 3 aromatic carbocycles. The summed E-state index contributed by atoms with van der Waals surface area (Å²) in [5, 5.41) is 11.6. The number of hydrogen-bond acceptors (Lipinski definition) is 7. The third kappa shape index (κ3) is 5.05. The van der Waals surface area contributed by atoms with Crippen LogP contribution in [0.3, 0.4) is 0 Å². The summed E-state index contributed by atoms with van der Waals surface area (Å²) in [5.41, 5.74) is 3.18. The number of hydrogen-bond donors (Lipinski definition) is 0. The first-order valence-electron chi connectivity index (χ1n) is 10.7. The summed E-state index contributed by atoms with van der Waals surface area (Å²) in [4.78, 5) is 31.3. The van der Waals surface area contributed by atoms with Gasteiger partial charge in [-0.2, -0.15) is 5.26 Å². The Kier molecular flexibility index (Phi) is 7.19. The van der Waals surface area contributed by atoms with Crippen LogP contribution in [0.15, 0.2) is 78.2 Å². The molecule has 1 amide bonds. The molecule has 0 aliphatic carbocycles. The number of methoxy groups -OCH3 is 1. The number of esters is 1. The smallest absolute Gasteiger partial charge is 0.339 e. The van der Waals surface area contributed by atoms with Crippen LogP contribution in [0.2, 0.25) is 0 Å². The first-order valence-corrected chi connectivity index (χ1v) is 11.5. The molecule has 0 saturated carbocycles. The number of benzene rings is 3. The van der Waals surface area contributed by atoms with Crippen LogP contribution >= 0.6 is 11.3 Å². The van der Waals surface area contributed by atoms with E-state index in [2.05, 4.69) is 11.1 Å². The zero-order chi connectivity index (χ0) is 24.8. The molecule has 35 heavy (non-hydrogen) atoms. The first kappa shape index (κ1) is 23.7. The van der Waals surface area contributed by atoms with E-state index in [1.54, 1.807) is 60.0 Å². The van der Waals surface area contributed by atoms with Gasteiger partial charge in [-0.1, -0.05) is 48.5 Å². The van der Waals surface area contributed by atoms with Gasteiger partial charge in [0.2, 0.25) is 5.91 Å². The van der Waals surface area contributed by atoms with Crippen molar-refractivity contribution in [3.05, 3.63) is 95.0 Å². The van der Waals surface area contributed by atoms with Crippen LogP contribution in [0.5, 0.6) is 5.75 Å². The number of thiazole rings is 1. The van der Waals surface area contributed by atoms with Crippen molar-refractivity contribution in [3.63, 3.8) is 0 Å². The van der Waals surface area contributed by atoms with E-state index < -0.39 is 5.97 Å². The third-order valence-electron chi connectivity index (χ3n) is 5.21. The molecule has 1 aromatic heterocycles. The predicted octanol–water partition coefficient (Wildman–Crippen LogP) is 5.73. The van der Waals surface area contributed by atoms with Gasteiger partial charge in [-0.3, -0.25) is 9.69 Å². The van der Waals surface area contributed by atoms with E-state index in [4.69, 9.17) is 9.47 Å². The maximum Gasteiger partial charge on any atom is 0.339 e. The van der Waals surface area contributed by atoms with E-state index >= 15 is 0 Å². The highest BCUT2D eigenvalue weighted by Crippen LogP contribution is 2.35. The van der Waals surface area contributed by atoms with Crippen molar-refractivity contribution in [1.29, 1.82) is 5.26 Å². The first-order chi connectivity index (χ1) is 17.0. The lowest BCUT2D eigenvalue weighted by molar-refractivity contribution is -0.115. The molecule has 0 unspecified atom stereocenters. The Bertz CT molecular complexity index is 1420. The zero-order valence-electron chi connectivity index (χ0n) is 19.1. The van der Waals surface area contributed by atoms with E-state index in [0.717, 1.165) is 0 Å². The molecule has 0 saturated heterocycles. The summed E-state index contributed by atoms with van der Waals surface area (Å²) in [6.45, 7) is 1.38. The standard InChI is InChI=1S/C27H21N3O4S/c1-18(31)30(24-13-7-8-14-25(24)33-2)27-29-20(17-35-27)16-34-26(32)23-12-6-5-11-22(23)21-10-4-3-9-19(21)15-28/h3-14,17H,16H2,1-2H3. The maximum atomic E-state index is 13.0. The van der Waals surface area contributed by atoms with Crippen LogP contribution < -0.4 is 9.64 Å². The number of aromatic nitrogens is 1. The van der Waals surface area contributed by atoms with Gasteiger partial charge in [0, 0.05) is 17.9 Å². The Morgan fingerprint density at radius 1 is 1.00 bits per heavy atom. The number of carbonyl (C=O) groups excluding carboxylic acids is 2. The van der Waals surface area contributed by atoms with E-state index in [1.165, 1.54) is 30.3 Å². The van der Waals surface area contributed by atoms with Crippen LogP contribution in [-0.4, -0.2) is 24.0 Å². The number of rotatable bonds is 7. The summed E-state index contributed by atoms with van der Waals surface area (Å²) in [6, 6.07) is 23.4. The minimum atomic E-state index is -0.531. The van der Waals surface area contributed by atoms with Gasteiger partial charge >= 0.3 is 5.97 Å². The normalized spacial score (nSPS) is 10.3. The molecule has 0 aliphatic heterocycles. The van der Waals surface area contributed by atoms with Crippen molar-refractivity contribution >= 4 is 34.0 Å². The fourth-order valence-electron chi connectivity index (χ4n) is 3.62. The second-order valence-electron chi connectivity index (χ2n) is 7.43. The summed E-state index contributed by atoms with van der Waals surface area (Å²) in [7, 11) is 1.54. The highest BCUT2D eigenvalue weighted by Gasteiger charge is 2.22.